The Bertz CT molecular complexity index is 187. The van der Waals surface area contributed by atoms with Gasteiger partial charge >= 0.3 is 5.97 Å². The summed E-state index contributed by atoms with van der Waals surface area (Å²) >= 11 is 1.30. The number of nitrogens with two attached hydrogens (primary N) is 1. The van der Waals surface area contributed by atoms with Crippen molar-refractivity contribution >= 4 is 23.6 Å². The first-order valence-corrected chi connectivity index (χ1v) is 5.06. The molecule has 5 nitrogen and oxygen atoms in total. The number of carboxylic acid groups (broad SMARTS) is 1. The lowest BCUT2D eigenvalue weighted by Gasteiger charge is -2.06. The summed E-state index contributed by atoms with van der Waals surface area (Å²) in [6, 6.07) is -0.858. The SMILES string of the molecule is CCC(=O)NCSC[C@H](N)C(=O)O. The fourth-order valence-corrected chi connectivity index (χ4v) is 1.29. The molecular weight excluding hydrogens is 192 g/mol. The second-order valence-corrected chi connectivity index (χ2v) is 3.44. The standard InChI is InChI=1S/C7H14N2O3S/c1-2-6(10)9-4-13-3-5(8)7(11)12/h5H,2-4,8H2,1H3,(H,9,10)(H,11,12)/t5-/m0/s1. The average molecular weight is 206 g/mol. The predicted molar refractivity (Wildman–Crippen MR) is 51.4 cm³/mol. The first kappa shape index (κ1) is 12.2. The van der Waals surface area contributed by atoms with E-state index in [0.29, 0.717) is 18.1 Å². The molecule has 0 aromatic carbocycles. The highest BCUT2D eigenvalue weighted by molar-refractivity contribution is 7.99. The minimum Gasteiger partial charge on any atom is -0.480 e. The molecule has 0 unspecified atom stereocenters. The summed E-state index contributed by atoms with van der Waals surface area (Å²) in [4.78, 5) is 21.0. The zero-order valence-electron chi connectivity index (χ0n) is 7.45. The van der Waals surface area contributed by atoms with Gasteiger partial charge in [-0.1, -0.05) is 6.92 Å². The summed E-state index contributed by atoms with van der Waals surface area (Å²) < 4.78 is 0. The number of hydrogen-bond donors (Lipinski definition) is 3. The van der Waals surface area contributed by atoms with Crippen LogP contribution in [0.1, 0.15) is 13.3 Å². The van der Waals surface area contributed by atoms with Gasteiger partial charge in [-0.3, -0.25) is 9.59 Å². The third kappa shape index (κ3) is 6.41. The smallest absolute Gasteiger partial charge is 0.321 e. The molecule has 0 aromatic heterocycles. The molecule has 4 N–H and O–H groups in total. The van der Waals surface area contributed by atoms with Gasteiger partial charge in [0.05, 0.1) is 5.88 Å². The van der Waals surface area contributed by atoms with Crippen LogP contribution in [0.15, 0.2) is 0 Å². The molecule has 0 saturated carbocycles. The third-order valence-electron chi connectivity index (χ3n) is 1.31. The van der Waals surface area contributed by atoms with Gasteiger partial charge in [0.25, 0.3) is 0 Å². The number of hydrogen-bond acceptors (Lipinski definition) is 4. The van der Waals surface area contributed by atoms with Gasteiger partial charge in [0.1, 0.15) is 6.04 Å². The Morgan fingerprint density at radius 2 is 2.23 bits per heavy atom. The lowest BCUT2D eigenvalue weighted by Crippen LogP contribution is -2.33. The van der Waals surface area contributed by atoms with Crippen LogP contribution in [-0.4, -0.2) is 34.7 Å². The molecule has 0 fully saturated rings. The van der Waals surface area contributed by atoms with E-state index in [1.165, 1.54) is 11.8 Å². The maximum Gasteiger partial charge on any atom is 0.321 e. The minimum absolute atomic E-state index is 0.0450. The van der Waals surface area contributed by atoms with Crippen molar-refractivity contribution < 1.29 is 14.7 Å². The van der Waals surface area contributed by atoms with E-state index in [2.05, 4.69) is 5.32 Å². The Hall–Kier alpha value is -0.750. The lowest BCUT2D eigenvalue weighted by atomic mass is 10.4. The Balaban J connectivity index is 3.35. The van der Waals surface area contributed by atoms with Crippen molar-refractivity contribution in [1.29, 1.82) is 0 Å². The molecule has 0 heterocycles. The Morgan fingerprint density at radius 1 is 1.62 bits per heavy atom. The first-order valence-electron chi connectivity index (χ1n) is 3.90. The minimum atomic E-state index is -1.02. The fourth-order valence-electron chi connectivity index (χ4n) is 0.514. The monoisotopic (exact) mass is 206 g/mol. The maximum atomic E-state index is 10.7. The number of rotatable bonds is 6. The molecule has 76 valence electrons. The van der Waals surface area contributed by atoms with Crippen molar-refractivity contribution in [2.75, 3.05) is 11.6 Å². The van der Waals surface area contributed by atoms with Crippen molar-refractivity contribution in [1.82, 2.24) is 5.32 Å². The quantitative estimate of drug-likeness (QED) is 0.407. The van der Waals surface area contributed by atoms with Crippen molar-refractivity contribution in [3.63, 3.8) is 0 Å². The van der Waals surface area contributed by atoms with Crippen LogP contribution in [0.2, 0.25) is 0 Å². The normalized spacial score (nSPS) is 12.2. The topological polar surface area (TPSA) is 92.4 Å². The van der Waals surface area contributed by atoms with Crippen LogP contribution < -0.4 is 11.1 Å². The van der Waals surface area contributed by atoms with Crippen LogP contribution in [0.4, 0.5) is 0 Å². The van der Waals surface area contributed by atoms with E-state index >= 15 is 0 Å². The molecular formula is C7H14N2O3S. The zero-order chi connectivity index (χ0) is 10.3. The number of nitrogens with one attached hydrogen (secondary N) is 1. The summed E-state index contributed by atoms with van der Waals surface area (Å²) in [6.45, 7) is 1.75. The van der Waals surface area contributed by atoms with Crippen molar-refractivity contribution in [3.8, 4) is 0 Å². The molecule has 13 heavy (non-hydrogen) atoms. The molecule has 0 radical (unpaired) electrons. The van der Waals surface area contributed by atoms with E-state index in [9.17, 15) is 9.59 Å². The van der Waals surface area contributed by atoms with E-state index in [1.807, 2.05) is 0 Å². The number of thioether (sulfide) groups is 1. The van der Waals surface area contributed by atoms with Gasteiger partial charge in [-0.25, -0.2) is 0 Å². The Morgan fingerprint density at radius 3 is 2.69 bits per heavy atom. The number of carbonyl (C=O) groups excluding carboxylic acids is 1. The van der Waals surface area contributed by atoms with Gasteiger partial charge in [0.2, 0.25) is 5.91 Å². The number of carbonyl (C=O) groups is 2. The zero-order valence-corrected chi connectivity index (χ0v) is 8.26. The highest BCUT2D eigenvalue weighted by atomic mass is 32.2. The molecule has 1 atom stereocenters. The van der Waals surface area contributed by atoms with Crippen molar-refractivity contribution in [2.24, 2.45) is 5.73 Å². The molecule has 0 aliphatic rings. The second-order valence-electron chi connectivity index (χ2n) is 2.41. The van der Waals surface area contributed by atoms with Gasteiger partial charge in [-0.15, -0.1) is 11.8 Å². The molecule has 0 aromatic rings. The van der Waals surface area contributed by atoms with Crippen LogP contribution in [-0.2, 0) is 9.59 Å². The molecule has 1 amide bonds. The fraction of sp³-hybridized carbons (Fsp3) is 0.714. The van der Waals surface area contributed by atoms with Crippen LogP contribution in [0.25, 0.3) is 0 Å². The van der Waals surface area contributed by atoms with Crippen LogP contribution in [0, 0.1) is 0 Å². The van der Waals surface area contributed by atoms with Crippen molar-refractivity contribution in [3.05, 3.63) is 0 Å². The van der Waals surface area contributed by atoms with Gasteiger partial charge in [0, 0.05) is 12.2 Å². The highest BCUT2D eigenvalue weighted by Gasteiger charge is 2.10. The Labute approximate surface area is 81.1 Å². The van der Waals surface area contributed by atoms with Crippen LogP contribution in [0.3, 0.4) is 0 Å². The van der Waals surface area contributed by atoms with Gasteiger partial charge in [0.15, 0.2) is 0 Å². The summed E-state index contributed by atoms with van der Waals surface area (Å²) in [5.41, 5.74) is 5.23. The van der Waals surface area contributed by atoms with Crippen molar-refractivity contribution in [2.45, 2.75) is 19.4 Å². The molecule has 0 rings (SSSR count). The van der Waals surface area contributed by atoms with Crippen LogP contribution in [0.5, 0.6) is 0 Å². The molecule has 0 aliphatic carbocycles. The van der Waals surface area contributed by atoms with Crippen LogP contribution >= 0.6 is 11.8 Å². The van der Waals surface area contributed by atoms with E-state index in [4.69, 9.17) is 10.8 Å². The highest BCUT2D eigenvalue weighted by Crippen LogP contribution is 1.99. The molecule has 0 aliphatic heterocycles. The molecule has 0 bridgehead atoms. The van der Waals surface area contributed by atoms with E-state index < -0.39 is 12.0 Å². The van der Waals surface area contributed by atoms with E-state index in [-0.39, 0.29) is 5.91 Å². The number of aliphatic carboxylic acids is 1. The molecule has 6 heteroatoms. The number of amides is 1. The summed E-state index contributed by atoms with van der Waals surface area (Å²) in [5, 5.41) is 11.0. The number of carboxylic acids is 1. The van der Waals surface area contributed by atoms with E-state index in [0.717, 1.165) is 0 Å². The third-order valence-corrected chi connectivity index (χ3v) is 2.25. The summed E-state index contributed by atoms with van der Waals surface area (Å²) in [7, 11) is 0. The summed E-state index contributed by atoms with van der Waals surface area (Å²) in [5.74, 6) is -0.349. The largest absolute Gasteiger partial charge is 0.480 e. The van der Waals surface area contributed by atoms with Gasteiger partial charge < -0.3 is 16.2 Å². The second kappa shape index (κ2) is 6.73. The maximum absolute atomic E-state index is 10.7. The first-order chi connectivity index (χ1) is 6.07. The summed E-state index contributed by atoms with van der Waals surface area (Å²) in [6.07, 6.45) is 0.436. The van der Waals surface area contributed by atoms with Gasteiger partial charge in [-0.2, -0.15) is 0 Å². The van der Waals surface area contributed by atoms with Gasteiger partial charge in [-0.05, 0) is 0 Å². The predicted octanol–water partition coefficient (Wildman–Crippen LogP) is -0.385. The lowest BCUT2D eigenvalue weighted by molar-refractivity contribution is -0.137. The molecule has 0 spiro atoms. The Kier molecular flexibility index (Phi) is 6.34. The van der Waals surface area contributed by atoms with E-state index in [1.54, 1.807) is 6.92 Å². The molecule has 0 saturated heterocycles. The average Bonchev–Trinajstić information content (AvgIpc) is 2.11.